The van der Waals surface area contributed by atoms with Gasteiger partial charge in [0.25, 0.3) is 0 Å². The van der Waals surface area contributed by atoms with Crippen LogP contribution in [0.3, 0.4) is 0 Å². The summed E-state index contributed by atoms with van der Waals surface area (Å²) in [7, 11) is 0. The number of aliphatic imine (C=N–C) groups is 2. The lowest BCUT2D eigenvalue weighted by Crippen LogP contribution is -2.26. The zero-order valence-electron chi connectivity index (χ0n) is 11.5. The highest BCUT2D eigenvalue weighted by molar-refractivity contribution is 6.35. The summed E-state index contributed by atoms with van der Waals surface area (Å²) >= 11 is 11.5. The van der Waals surface area contributed by atoms with Gasteiger partial charge in [-0.25, -0.2) is 14.6 Å². The molecule has 9 nitrogen and oxygen atoms in total. The van der Waals surface area contributed by atoms with Gasteiger partial charge in [0.05, 0.1) is 5.69 Å². The van der Waals surface area contributed by atoms with Crippen molar-refractivity contribution in [3.63, 3.8) is 0 Å². The van der Waals surface area contributed by atoms with E-state index < -0.39 is 11.9 Å². The predicted molar refractivity (Wildman–Crippen MR) is 88.0 cm³/mol. The lowest BCUT2D eigenvalue weighted by atomic mass is 10.3. The molecule has 0 aliphatic rings. The molecule has 0 saturated carbocycles. The number of hydrogen-bond donors (Lipinski definition) is 5. The Morgan fingerprint density at radius 1 is 0.957 bits per heavy atom. The molecule has 0 unspecified atom stereocenters. The Labute approximate surface area is 140 Å². The van der Waals surface area contributed by atoms with Gasteiger partial charge in [0.15, 0.2) is 5.96 Å². The van der Waals surface area contributed by atoms with Gasteiger partial charge in [-0.1, -0.05) is 23.2 Å². The predicted octanol–water partition coefficient (Wildman–Crippen LogP) is 0.925. The number of nitrogens with zero attached hydrogens (tertiary/aromatic N) is 2. The topological polar surface area (TPSA) is 177 Å². The minimum Gasteiger partial charge on any atom is -0.478 e. The molecule has 8 N–H and O–H groups in total. The van der Waals surface area contributed by atoms with Crippen LogP contribution in [0.15, 0.2) is 40.3 Å². The molecule has 23 heavy (non-hydrogen) atoms. The van der Waals surface area contributed by atoms with Gasteiger partial charge in [-0.15, -0.1) is 0 Å². The molecule has 0 aliphatic heterocycles. The SMILES string of the molecule is NC(N)=NC(N)=Nc1cc(Cl)cc(Cl)c1.O=C(O)/C=C/C(=O)O. The third-order valence-corrected chi connectivity index (χ3v) is 2.14. The molecule has 1 aromatic rings. The Hall–Kier alpha value is -2.78. The number of rotatable bonds is 3. The van der Waals surface area contributed by atoms with Gasteiger partial charge < -0.3 is 27.4 Å². The van der Waals surface area contributed by atoms with Crippen LogP contribution in [-0.4, -0.2) is 34.1 Å². The first-order chi connectivity index (χ1) is 10.6. The number of aliphatic carboxylic acids is 2. The molecular weight excluding hydrogens is 349 g/mol. The zero-order chi connectivity index (χ0) is 18.0. The standard InChI is InChI=1S/C8H9Cl2N5.C4H4O4/c9-4-1-5(10)3-6(2-4)14-8(13)15-7(11)12;5-3(6)1-2-4(7)8/h1-3H,(H6,11,12,13,14,15);1-2H,(H,5,6)(H,7,8)/b;2-1+. The van der Waals surface area contributed by atoms with E-state index in [1.165, 1.54) is 0 Å². The van der Waals surface area contributed by atoms with Crippen molar-refractivity contribution in [3.05, 3.63) is 40.4 Å². The smallest absolute Gasteiger partial charge is 0.328 e. The second-order valence-electron chi connectivity index (χ2n) is 3.64. The molecule has 1 rings (SSSR count). The fraction of sp³-hybridized carbons (Fsp3) is 0. The van der Waals surface area contributed by atoms with E-state index in [4.69, 9.17) is 50.6 Å². The molecule has 124 valence electrons. The molecule has 11 heteroatoms. The van der Waals surface area contributed by atoms with E-state index in [1.807, 2.05) is 0 Å². The average molecular weight is 362 g/mol. The van der Waals surface area contributed by atoms with Crippen molar-refractivity contribution in [2.24, 2.45) is 27.2 Å². The van der Waals surface area contributed by atoms with Gasteiger partial charge >= 0.3 is 11.9 Å². The molecule has 0 saturated heterocycles. The summed E-state index contributed by atoms with van der Waals surface area (Å²) in [6, 6.07) is 4.75. The molecule has 0 fully saturated rings. The van der Waals surface area contributed by atoms with Crippen LogP contribution in [0, 0.1) is 0 Å². The summed E-state index contributed by atoms with van der Waals surface area (Å²) in [6.45, 7) is 0. The van der Waals surface area contributed by atoms with Gasteiger partial charge in [-0.05, 0) is 18.2 Å². The van der Waals surface area contributed by atoms with Crippen molar-refractivity contribution in [3.8, 4) is 0 Å². The van der Waals surface area contributed by atoms with Crippen molar-refractivity contribution >= 4 is 52.7 Å². The summed E-state index contributed by atoms with van der Waals surface area (Å²) < 4.78 is 0. The third-order valence-electron chi connectivity index (χ3n) is 1.70. The van der Waals surface area contributed by atoms with Crippen LogP contribution in [-0.2, 0) is 9.59 Å². The normalized spacial score (nSPS) is 10.6. The van der Waals surface area contributed by atoms with E-state index >= 15 is 0 Å². The highest BCUT2D eigenvalue weighted by Crippen LogP contribution is 2.24. The number of hydrogen-bond acceptors (Lipinski definition) is 3. The average Bonchev–Trinajstić information content (AvgIpc) is 2.34. The Kier molecular flexibility index (Phi) is 8.82. The highest BCUT2D eigenvalue weighted by atomic mass is 35.5. The van der Waals surface area contributed by atoms with Gasteiger partial charge in [0.1, 0.15) is 0 Å². The second-order valence-corrected chi connectivity index (χ2v) is 4.52. The van der Waals surface area contributed by atoms with Gasteiger partial charge in [-0.3, -0.25) is 0 Å². The molecule has 0 radical (unpaired) electrons. The van der Waals surface area contributed by atoms with Gasteiger partial charge in [0.2, 0.25) is 5.96 Å². The Morgan fingerprint density at radius 3 is 1.74 bits per heavy atom. The number of carboxylic acids is 2. The Bertz CT molecular complexity index is 633. The molecule has 1 aromatic carbocycles. The van der Waals surface area contributed by atoms with Crippen LogP contribution in [0.25, 0.3) is 0 Å². The fourth-order valence-corrected chi connectivity index (χ4v) is 1.55. The first kappa shape index (κ1) is 20.2. The van der Waals surface area contributed by atoms with E-state index in [2.05, 4.69) is 9.98 Å². The van der Waals surface area contributed by atoms with Crippen LogP contribution in [0.1, 0.15) is 0 Å². The summed E-state index contributed by atoms with van der Waals surface area (Å²) in [4.78, 5) is 26.6. The molecule has 0 spiro atoms. The van der Waals surface area contributed by atoms with Crippen LogP contribution in [0.2, 0.25) is 10.0 Å². The van der Waals surface area contributed by atoms with Crippen LogP contribution >= 0.6 is 23.2 Å². The lowest BCUT2D eigenvalue weighted by Gasteiger charge is -1.98. The van der Waals surface area contributed by atoms with E-state index in [9.17, 15) is 9.59 Å². The largest absolute Gasteiger partial charge is 0.478 e. The van der Waals surface area contributed by atoms with Crippen molar-refractivity contribution in [2.45, 2.75) is 0 Å². The van der Waals surface area contributed by atoms with Crippen molar-refractivity contribution in [1.29, 1.82) is 0 Å². The second kappa shape index (κ2) is 10.0. The molecule has 0 amide bonds. The maximum Gasteiger partial charge on any atom is 0.328 e. The number of guanidine groups is 2. The molecule has 0 bridgehead atoms. The van der Waals surface area contributed by atoms with Crippen molar-refractivity contribution in [1.82, 2.24) is 0 Å². The molecular formula is C12H13Cl2N5O4. The number of nitrogens with two attached hydrogens (primary N) is 3. The minimum absolute atomic E-state index is 0.0617. The molecule has 0 heterocycles. The zero-order valence-corrected chi connectivity index (χ0v) is 13.0. The number of carboxylic acid groups (broad SMARTS) is 2. The van der Waals surface area contributed by atoms with Crippen LogP contribution in [0.4, 0.5) is 5.69 Å². The van der Waals surface area contributed by atoms with E-state index in [-0.39, 0.29) is 11.9 Å². The summed E-state index contributed by atoms with van der Waals surface area (Å²) in [5, 5.41) is 16.5. The van der Waals surface area contributed by atoms with Crippen molar-refractivity contribution in [2.75, 3.05) is 0 Å². The molecule has 0 atom stereocenters. The van der Waals surface area contributed by atoms with E-state index in [1.54, 1.807) is 18.2 Å². The first-order valence-corrected chi connectivity index (χ1v) is 6.39. The van der Waals surface area contributed by atoms with E-state index in [0.29, 0.717) is 27.9 Å². The van der Waals surface area contributed by atoms with E-state index in [0.717, 1.165) is 0 Å². The number of carbonyl (C=O) groups is 2. The minimum atomic E-state index is -1.26. The summed E-state index contributed by atoms with van der Waals surface area (Å²) in [6.07, 6.45) is 1.12. The summed E-state index contributed by atoms with van der Waals surface area (Å²) in [5.74, 6) is -2.74. The maximum absolute atomic E-state index is 9.55. The monoisotopic (exact) mass is 361 g/mol. The van der Waals surface area contributed by atoms with Crippen LogP contribution in [0.5, 0.6) is 0 Å². The summed E-state index contributed by atoms with van der Waals surface area (Å²) in [5.41, 5.74) is 16.1. The third kappa shape index (κ3) is 11.5. The van der Waals surface area contributed by atoms with Crippen LogP contribution < -0.4 is 17.2 Å². The molecule has 0 aromatic heterocycles. The Morgan fingerprint density at radius 2 is 1.39 bits per heavy atom. The van der Waals surface area contributed by atoms with Crippen molar-refractivity contribution < 1.29 is 19.8 Å². The Balaban J connectivity index is 0.000000515. The lowest BCUT2D eigenvalue weighted by molar-refractivity contribution is -0.134. The maximum atomic E-state index is 9.55. The highest BCUT2D eigenvalue weighted by Gasteiger charge is 1.97. The fourth-order valence-electron chi connectivity index (χ4n) is 1.04. The quantitative estimate of drug-likeness (QED) is 0.301. The first-order valence-electron chi connectivity index (χ1n) is 5.64. The van der Waals surface area contributed by atoms with Gasteiger partial charge in [-0.2, -0.15) is 4.99 Å². The van der Waals surface area contributed by atoms with Gasteiger partial charge in [0, 0.05) is 22.2 Å². The molecule has 0 aliphatic carbocycles. The number of benzene rings is 1. The number of halogens is 2.